The maximum absolute atomic E-state index is 6.10. The fourth-order valence-electron chi connectivity index (χ4n) is 1.87. The minimum absolute atomic E-state index is 0.493. The number of benzene rings is 2. The Bertz CT molecular complexity index is 646. The Morgan fingerprint density at radius 3 is 2.52 bits per heavy atom. The second-order valence-electron chi connectivity index (χ2n) is 4.42. The van der Waals surface area contributed by atoms with E-state index in [0.29, 0.717) is 16.7 Å². The van der Waals surface area contributed by atoms with Crippen molar-refractivity contribution in [2.45, 2.75) is 13.8 Å². The van der Waals surface area contributed by atoms with Crippen molar-refractivity contribution in [3.8, 4) is 5.75 Å². The zero-order valence-corrected chi connectivity index (χ0v) is 13.5. The van der Waals surface area contributed by atoms with Gasteiger partial charge in [0.15, 0.2) is 5.11 Å². The lowest BCUT2D eigenvalue weighted by atomic mass is 10.2. The van der Waals surface area contributed by atoms with Crippen molar-refractivity contribution in [2.24, 2.45) is 0 Å². The molecule has 0 aliphatic carbocycles. The Labute approximate surface area is 135 Å². The van der Waals surface area contributed by atoms with Crippen LogP contribution < -0.4 is 15.4 Å². The van der Waals surface area contributed by atoms with Crippen LogP contribution in [0.3, 0.4) is 0 Å². The molecule has 0 spiro atoms. The zero-order chi connectivity index (χ0) is 15.2. The van der Waals surface area contributed by atoms with Crippen LogP contribution in [0.5, 0.6) is 5.75 Å². The third-order valence-electron chi connectivity index (χ3n) is 2.95. The molecule has 2 aromatic rings. The summed E-state index contributed by atoms with van der Waals surface area (Å²) < 4.78 is 5.56. The molecule has 0 bridgehead atoms. The van der Waals surface area contributed by atoms with Gasteiger partial charge in [0.25, 0.3) is 0 Å². The molecule has 2 N–H and O–H groups in total. The zero-order valence-electron chi connectivity index (χ0n) is 11.9. The summed E-state index contributed by atoms with van der Waals surface area (Å²) in [5.74, 6) is 0.770. The molecule has 0 amide bonds. The Balaban J connectivity index is 2.10. The van der Waals surface area contributed by atoms with Gasteiger partial charge in [0.1, 0.15) is 5.75 Å². The Hall–Kier alpha value is -1.78. The Kier molecular flexibility index (Phi) is 5.42. The summed E-state index contributed by atoms with van der Waals surface area (Å²) in [5, 5.41) is 7.49. The highest BCUT2D eigenvalue weighted by Gasteiger charge is 2.07. The van der Waals surface area contributed by atoms with Crippen LogP contribution in [0.25, 0.3) is 0 Å². The van der Waals surface area contributed by atoms with Gasteiger partial charge >= 0.3 is 0 Å². The van der Waals surface area contributed by atoms with Crippen LogP contribution in [0.15, 0.2) is 42.5 Å². The highest BCUT2D eigenvalue weighted by atomic mass is 35.5. The minimum atomic E-state index is 0.493. The van der Waals surface area contributed by atoms with Crippen LogP contribution in [-0.2, 0) is 0 Å². The smallest absolute Gasteiger partial charge is 0.175 e. The maximum atomic E-state index is 6.10. The van der Waals surface area contributed by atoms with E-state index in [1.165, 1.54) is 0 Å². The molecule has 0 radical (unpaired) electrons. The van der Waals surface area contributed by atoms with Crippen LogP contribution in [0.4, 0.5) is 11.4 Å². The first kappa shape index (κ1) is 15.6. The Morgan fingerprint density at radius 1 is 1.10 bits per heavy atom. The second kappa shape index (κ2) is 7.29. The van der Waals surface area contributed by atoms with E-state index >= 15 is 0 Å². The molecule has 2 rings (SSSR count). The van der Waals surface area contributed by atoms with Crippen LogP contribution in [0.1, 0.15) is 12.5 Å². The molecule has 0 atom stereocenters. The largest absolute Gasteiger partial charge is 0.492 e. The van der Waals surface area contributed by atoms with Crippen LogP contribution >= 0.6 is 23.8 Å². The molecule has 0 aliphatic heterocycles. The number of nitrogens with one attached hydrogen (secondary N) is 2. The summed E-state index contributed by atoms with van der Waals surface area (Å²) in [7, 11) is 0. The number of hydrogen-bond donors (Lipinski definition) is 2. The van der Waals surface area contributed by atoms with Gasteiger partial charge in [-0.15, -0.1) is 0 Å². The summed E-state index contributed by atoms with van der Waals surface area (Å²) in [6.45, 7) is 4.50. The Morgan fingerprint density at radius 2 is 1.76 bits per heavy atom. The molecular formula is C16H17ClN2OS. The molecular weight excluding hydrogens is 304 g/mol. The number of ether oxygens (including phenoxy) is 1. The van der Waals surface area contributed by atoms with Gasteiger partial charge < -0.3 is 15.4 Å². The van der Waals surface area contributed by atoms with Crippen molar-refractivity contribution in [1.82, 2.24) is 0 Å². The van der Waals surface area contributed by atoms with Gasteiger partial charge in [-0.25, -0.2) is 0 Å². The molecule has 0 fully saturated rings. The number of rotatable bonds is 4. The maximum Gasteiger partial charge on any atom is 0.175 e. The molecule has 0 saturated heterocycles. The van der Waals surface area contributed by atoms with Crippen LogP contribution in [-0.4, -0.2) is 11.7 Å². The van der Waals surface area contributed by atoms with E-state index in [9.17, 15) is 0 Å². The summed E-state index contributed by atoms with van der Waals surface area (Å²) in [5.41, 5.74) is 2.67. The lowest BCUT2D eigenvalue weighted by Gasteiger charge is -2.15. The lowest BCUT2D eigenvalue weighted by molar-refractivity contribution is 0.342. The van der Waals surface area contributed by atoms with E-state index in [2.05, 4.69) is 10.6 Å². The third kappa shape index (κ3) is 4.09. The summed E-state index contributed by atoms with van der Waals surface area (Å²) in [6.07, 6.45) is 0. The topological polar surface area (TPSA) is 33.3 Å². The van der Waals surface area contributed by atoms with E-state index in [-0.39, 0.29) is 0 Å². The first-order chi connectivity index (χ1) is 10.1. The predicted octanol–water partition coefficient (Wildman–Crippen LogP) is 4.86. The molecule has 0 aromatic heterocycles. The van der Waals surface area contributed by atoms with Gasteiger partial charge in [-0.1, -0.05) is 29.8 Å². The van der Waals surface area contributed by atoms with E-state index in [4.69, 9.17) is 28.6 Å². The summed E-state index contributed by atoms with van der Waals surface area (Å²) >= 11 is 11.4. The van der Waals surface area contributed by atoms with Crippen molar-refractivity contribution in [2.75, 3.05) is 17.2 Å². The number of anilines is 2. The molecule has 0 aliphatic rings. The SMILES string of the molecule is CCOc1ccccc1NC(=S)Nc1cccc(Cl)c1C. The first-order valence-corrected chi connectivity index (χ1v) is 7.45. The number of hydrogen-bond acceptors (Lipinski definition) is 2. The van der Waals surface area contributed by atoms with Crippen molar-refractivity contribution in [3.05, 3.63) is 53.1 Å². The molecule has 5 heteroatoms. The van der Waals surface area contributed by atoms with Crippen LogP contribution in [0, 0.1) is 6.92 Å². The predicted molar refractivity (Wildman–Crippen MR) is 93.6 cm³/mol. The standard InChI is InChI=1S/C16H17ClN2OS/c1-3-20-15-10-5-4-8-14(15)19-16(21)18-13-9-6-7-12(17)11(13)2/h4-10H,3H2,1-2H3,(H2,18,19,21). The van der Waals surface area contributed by atoms with E-state index in [1.807, 2.05) is 56.3 Å². The van der Waals surface area contributed by atoms with Gasteiger partial charge in [0.2, 0.25) is 0 Å². The normalized spacial score (nSPS) is 10.0. The van der Waals surface area contributed by atoms with Gasteiger partial charge in [0.05, 0.1) is 12.3 Å². The van der Waals surface area contributed by atoms with Crippen molar-refractivity contribution < 1.29 is 4.74 Å². The average molecular weight is 321 g/mol. The fourth-order valence-corrected chi connectivity index (χ4v) is 2.26. The highest BCUT2D eigenvalue weighted by Crippen LogP contribution is 2.25. The second-order valence-corrected chi connectivity index (χ2v) is 5.24. The van der Waals surface area contributed by atoms with Gasteiger partial charge in [0, 0.05) is 10.7 Å². The number of halogens is 1. The van der Waals surface area contributed by atoms with Crippen molar-refractivity contribution in [3.63, 3.8) is 0 Å². The quantitative estimate of drug-likeness (QED) is 0.788. The molecule has 0 saturated carbocycles. The highest BCUT2D eigenvalue weighted by molar-refractivity contribution is 7.80. The molecule has 21 heavy (non-hydrogen) atoms. The molecule has 3 nitrogen and oxygen atoms in total. The van der Waals surface area contributed by atoms with Gasteiger partial charge in [-0.3, -0.25) is 0 Å². The summed E-state index contributed by atoms with van der Waals surface area (Å²) in [6, 6.07) is 13.3. The number of thiocarbonyl (C=S) groups is 1. The summed E-state index contributed by atoms with van der Waals surface area (Å²) in [4.78, 5) is 0. The molecule has 2 aromatic carbocycles. The van der Waals surface area contributed by atoms with Gasteiger partial charge in [-0.05, 0) is 55.9 Å². The average Bonchev–Trinajstić information content (AvgIpc) is 2.46. The number of para-hydroxylation sites is 2. The van der Waals surface area contributed by atoms with E-state index in [0.717, 1.165) is 22.7 Å². The third-order valence-corrected chi connectivity index (χ3v) is 3.56. The monoisotopic (exact) mass is 320 g/mol. The molecule has 0 heterocycles. The van der Waals surface area contributed by atoms with Crippen LogP contribution in [0.2, 0.25) is 5.02 Å². The van der Waals surface area contributed by atoms with Crippen molar-refractivity contribution >= 4 is 40.3 Å². The minimum Gasteiger partial charge on any atom is -0.492 e. The van der Waals surface area contributed by atoms with E-state index in [1.54, 1.807) is 0 Å². The van der Waals surface area contributed by atoms with Crippen molar-refractivity contribution in [1.29, 1.82) is 0 Å². The van der Waals surface area contributed by atoms with E-state index < -0.39 is 0 Å². The molecule has 0 unspecified atom stereocenters. The fraction of sp³-hybridized carbons (Fsp3) is 0.188. The lowest BCUT2D eigenvalue weighted by Crippen LogP contribution is -2.20. The first-order valence-electron chi connectivity index (χ1n) is 6.66. The molecule has 110 valence electrons. The van der Waals surface area contributed by atoms with Gasteiger partial charge in [-0.2, -0.15) is 0 Å².